The number of hydrogen-bond donors (Lipinski definition) is 1. The summed E-state index contributed by atoms with van der Waals surface area (Å²) < 4.78 is 13.2. The second-order valence-corrected chi connectivity index (χ2v) is 4.80. The number of halogens is 1. The predicted octanol–water partition coefficient (Wildman–Crippen LogP) is 3.12. The first-order chi connectivity index (χ1) is 8.17. The van der Waals surface area contributed by atoms with E-state index in [4.69, 9.17) is 5.26 Å². The molecule has 0 aliphatic heterocycles. The van der Waals surface area contributed by atoms with Crippen molar-refractivity contribution in [2.24, 2.45) is 0 Å². The molecular weight excluding hydrogens is 215 g/mol. The highest BCUT2D eigenvalue weighted by molar-refractivity contribution is 5.33. The average molecular weight is 232 g/mol. The molecule has 1 saturated carbocycles. The molecule has 2 nitrogen and oxygen atoms in total. The quantitative estimate of drug-likeness (QED) is 0.865. The van der Waals surface area contributed by atoms with Crippen molar-refractivity contribution < 1.29 is 4.39 Å². The number of benzene rings is 1. The van der Waals surface area contributed by atoms with Crippen LogP contribution in [0.15, 0.2) is 18.2 Å². The molecule has 0 amide bonds. The molecule has 0 heterocycles. The summed E-state index contributed by atoms with van der Waals surface area (Å²) in [5, 5.41) is 12.3. The summed E-state index contributed by atoms with van der Waals surface area (Å²) in [6.45, 7) is 2.82. The Balaban J connectivity index is 2.04. The van der Waals surface area contributed by atoms with Gasteiger partial charge in [-0.25, -0.2) is 4.39 Å². The Morgan fingerprint density at radius 3 is 2.71 bits per heavy atom. The molecule has 1 N–H and O–H groups in total. The zero-order chi connectivity index (χ0) is 12.3. The first-order valence-electron chi connectivity index (χ1n) is 6.12. The Morgan fingerprint density at radius 2 is 2.18 bits per heavy atom. The molecule has 0 atom stereocenters. The van der Waals surface area contributed by atoms with E-state index in [1.807, 2.05) is 6.07 Å². The van der Waals surface area contributed by atoms with E-state index >= 15 is 0 Å². The van der Waals surface area contributed by atoms with E-state index in [0.717, 1.165) is 12.0 Å². The van der Waals surface area contributed by atoms with Crippen molar-refractivity contribution in [1.82, 2.24) is 5.32 Å². The number of rotatable bonds is 4. The SMILES string of the molecule is CCC1(NCc2cc(F)cc(C#N)c2)CCC1. The van der Waals surface area contributed by atoms with Crippen LogP contribution in [0.25, 0.3) is 0 Å². The van der Waals surface area contributed by atoms with Crippen LogP contribution in [0.1, 0.15) is 43.7 Å². The standard InChI is InChI=1S/C14H17FN2/c1-2-14(4-3-5-14)17-10-12-6-11(9-16)7-13(15)8-12/h6-8,17H,2-5,10H2,1H3. The summed E-state index contributed by atoms with van der Waals surface area (Å²) in [4.78, 5) is 0. The maximum absolute atomic E-state index is 13.2. The van der Waals surface area contributed by atoms with Crippen LogP contribution in [0.4, 0.5) is 4.39 Å². The molecule has 2 rings (SSSR count). The highest BCUT2D eigenvalue weighted by Gasteiger charge is 2.34. The molecular formula is C14H17FN2. The van der Waals surface area contributed by atoms with Gasteiger partial charge in [0.05, 0.1) is 11.6 Å². The zero-order valence-electron chi connectivity index (χ0n) is 10.1. The molecule has 0 saturated heterocycles. The maximum atomic E-state index is 13.2. The molecule has 17 heavy (non-hydrogen) atoms. The Hall–Kier alpha value is -1.40. The lowest BCUT2D eigenvalue weighted by Gasteiger charge is -2.42. The molecule has 90 valence electrons. The van der Waals surface area contributed by atoms with Crippen LogP contribution >= 0.6 is 0 Å². The van der Waals surface area contributed by atoms with Crippen molar-refractivity contribution in [3.8, 4) is 6.07 Å². The maximum Gasteiger partial charge on any atom is 0.124 e. The molecule has 1 aliphatic carbocycles. The normalized spacial score (nSPS) is 17.2. The third-order valence-corrected chi connectivity index (χ3v) is 3.74. The Kier molecular flexibility index (Phi) is 3.44. The Labute approximate surface area is 101 Å². The molecule has 1 fully saturated rings. The second-order valence-electron chi connectivity index (χ2n) is 4.80. The van der Waals surface area contributed by atoms with Gasteiger partial charge in [0.1, 0.15) is 5.82 Å². The second kappa shape index (κ2) is 4.85. The molecule has 0 spiro atoms. The van der Waals surface area contributed by atoms with Crippen molar-refractivity contribution in [2.75, 3.05) is 0 Å². The summed E-state index contributed by atoms with van der Waals surface area (Å²) in [5.41, 5.74) is 1.49. The van der Waals surface area contributed by atoms with E-state index in [1.54, 1.807) is 6.07 Å². The van der Waals surface area contributed by atoms with Gasteiger partial charge in [0.2, 0.25) is 0 Å². The lowest BCUT2D eigenvalue weighted by atomic mass is 9.75. The topological polar surface area (TPSA) is 35.8 Å². The van der Waals surface area contributed by atoms with Gasteiger partial charge in [0.25, 0.3) is 0 Å². The minimum absolute atomic E-state index is 0.249. The largest absolute Gasteiger partial charge is 0.307 e. The van der Waals surface area contributed by atoms with E-state index < -0.39 is 0 Å². The van der Waals surface area contributed by atoms with Gasteiger partial charge in [-0.1, -0.05) is 6.92 Å². The van der Waals surface area contributed by atoms with Gasteiger partial charge in [-0.2, -0.15) is 5.26 Å². The van der Waals surface area contributed by atoms with Crippen LogP contribution in [0.3, 0.4) is 0 Å². The Bertz CT molecular complexity index is 439. The number of nitrogens with one attached hydrogen (secondary N) is 1. The van der Waals surface area contributed by atoms with Gasteiger partial charge in [-0.3, -0.25) is 0 Å². The van der Waals surface area contributed by atoms with Crippen LogP contribution in [-0.2, 0) is 6.54 Å². The smallest absolute Gasteiger partial charge is 0.124 e. The van der Waals surface area contributed by atoms with Gasteiger partial charge in [-0.05, 0) is 49.4 Å². The van der Waals surface area contributed by atoms with Crippen LogP contribution in [0, 0.1) is 17.1 Å². The zero-order valence-corrected chi connectivity index (χ0v) is 10.1. The summed E-state index contributed by atoms with van der Waals surface area (Å²) in [5.74, 6) is -0.333. The van der Waals surface area contributed by atoms with Crippen LogP contribution in [0.5, 0.6) is 0 Å². The van der Waals surface area contributed by atoms with Crippen molar-refractivity contribution in [2.45, 2.75) is 44.7 Å². The fourth-order valence-corrected chi connectivity index (χ4v) is 2.37. The summed E-state index contributed by atoms with van der Waals surface area (Å²) in [6.07, 6.45) is 4.77. The number of nitrogens with zero attached hydrogens (tertiary/aromatic N) is 1. The van der Waals surface area contributed by atoms with Crippen LogP contribution in [-0.4, -0.2) is 5.54 Å². The van der Waals surface area contributed by atoms with E-state index in [-0.39, 0.29) is 11.4 Å². The molecule has 1 aromatic rings. The predicted molar refractivity (Wildman–Crippen MR) is 64.8 cm³/mol. The minimum atomic E-state index is -0.333. The Morgan fingerprint density at radius 1 is 1.41 bits per heavy atom. The van der Waals surface area contributed by atoms with E-state index in [2.05, 4.69) is 12.2 Å². The van der Waals surface area contributed by atoms with Gasteiger partial charge in [-0.15, -0.1) is 0 Å². The summed E-state index contributed by atoms with van der Waals surface area (Å²) >= 11 is 0. The van der Waals surface area contributed by atoms with Gasteiger partial charge >= 0.3 is 0 Å². The highest BCUT2D eigenvalue weighted by Crippen LogP contribution is 2.34. The van der Waals surface area contributed by atoms with Gasteiger partial charge < -0.3 is 5.32 Å². The number of hydrogen-bond acceptors (Lipinski definition) is 2. The van der Waals surface area contributed by atoms with Gasteiger partial charge in [0, 0.05) is 12.1 Å². The molecule has 0 bridgehead atoms. The van der Waals surface area contributed by atoms with Gasteiger partial charge in [0.15, 0.2) is 0 Å². The molecule has 1 aromatic carbocycles. The van der Waals surface area contributed by atoms with Crippen LogP contribution in [0.2, 0.25) is 0 Å². The molecule has 1 aliphatic rings. The molecule has 0 radical (unpaired) electrons. The van der Waals surface area contributed by atoms with Crippen molar-refractivity contribution in [3.05, 3.63) is 35.1 Å². The summed E-state index contributed by atoms with van der Waals surface area (Å²) in [6, 6.07) is 6.49. The van der Waals surface area contributed by atoms with E-state index in [9.17, 15) is 4.39 Å². The van der Waals surface area contributed by atoms with E-state index in [1.165, 1.54) is 31.4 Å². The molecule has 0 unspecified atom stereocenters. The highest BCUT2D eigenvalue weighted by atomic mass is 19.1. The fourth-order valence-electron chi connectivity index (χ4n) is 2.37. The summed E-state index contributed by atoms with van der Waals surface area (Å²) in [7, 11) is 0. The third-order valence-electron chi connectivity index (χ3n) is 3.74. The van der Waals surface area contributed by atoms with Crippen molar-refractivity contribution in [1.29, 1.82) is 5.26 Å². The van der Waals surface area contributed by atoms with Crippen LogP contribution < -0.4 is 5.32 Å². The first-order valence-corrected chi connectivity index (χ1v) is 6.12. The first kappa shape index (κ1) is 12.1. The van der Waals surface area contributed by atoms with Crippen molar-refractivity contribution >= 4 is 0 Å². The van der Waals surface area contributed by atoms with Crippen molar-refractivity contribution in [3.63, 3.8) is 0 Å². The van der Waals surface area contributed by atoms with E-state index in [0.29, 0.717) is 12.1 Å². The third kappa shape index (κ3) is 2.65. The fraction of sp³-hybridized carbons (Fsp3) is 0.500. The molecule has 3 heteroatoms. The average Bonchev–Trinajstić information content (AvgIpc) is 2.27. The lowest BCUT2D eigenvalue weighted by molar-refractivity contribution is 0.175. The monoisotopic (exact) mass is 232 g/mol. The lowest BCUT2D eigenvalue weighted by Crippen LogP contribution is -2.49. The number of nitriles is 1. The molecule has 0 aromatic heterocycles. The minimum Gasteiger partial charge on any atom is -0.307 e.